The first kappa shape index (κ1) is 26.4. The van der Waals surface area contributed by atoms with Crippen molar-refractivity contribution >= 4 is 20.0 Å². The van der Waals surface area contributed by atoms with Crippen LogP contribution in [-0.2, 0) is 24.8 Å². The van der Waals surface area contributed by atoms with Gasteiger partial charge in [0.05, 0.1) is 36.8 Å². The summed E-state index contributed by atoms with van der Waals surface area (Å²) in [4.78, 5) is 0. The summed E-state index contributed by atoms with van der Waals surface area (Å²) in [6.45, 7) is 1.91. The Morgan fingerprint density at radius 2 is 1.44 bits per heavy atom. The average Bonchev–Trinajstić information content (AvgIpc) is 2.40. The molecule has 1 rings (SSSR count). The SMILES string of the molecule is CS(=O)(=O)[N-]S(=O)(=O)C(F)(F)F.C[N+]1(CCOCC(F)(F)F)CCCCC1. The van der Waals surface area contributed by atoms with Crippen molar-refractivity contribution in [3.63, 3.8) is 0 Å². The molecule has 164 valence electrons. The van der Waals surface area contributed by atoms with Crippen LogP contribution >= 0.6 is 0 Å². The molecule has 0 N–H and O–H groups in total. The predicted molar refractivity (Wildman–Crippen MR) is 84.7 cm³/mol. The van der Waals surface area contributed by atoms with Crippen LogP contribution in [0.1, 0.15) is 19.3 Å². The first-order valence-electron chi connectivity index (χ1n) is 7.60. The largest absolute Gasteiger partial charge is 0.480 e. The van der Waals surface area contributed by atoms with Crippen molar-refractivity contribution in [1.82, 2.24) is 0 Å². The van der Waals surface area contributed by atoms with E-state index in [1.807, 2.05) is 0 Å². The highest BCUT2D eigenvalue weighted by Crippen LogP contribution is 2.29. The van der Waals surface area contributed by atoms with Crippen molar-refractivity contribution in [2.75, 3.05) is 46.2 Å². The second-order valence-corrected chi connectivity index (χ2v) is 9.72. The molecule has 7 nitrogen and oxygen atoms in total. The lowest BCUT2D eigenvalue weighted by molar-refractivity contribution is -0.914. The van der Waals surface area contributed by atoms with Gasteiger partial charge in [0.1, 0.15) is 13.2 Å². The standard InChI is InChI=1S/C10H19F3NO.C2H3F3NO4S2/c1-14(5-3-2-4-6-14)7-8-15-9-10(11,12)13;1-11(7,8)6-12(9,10)2(3,4)5/h2-9H2,1H3;1H3/q+1;-1. The summed E-state index contributed by atoms with van der Waals surface area (Å²) >= 11 is 0. The number of sulfonamides is 2. The van der Waals surface area contributed by atoms with E-state index in [4.69, 9.17) is 0 Å². The van der Waals surface area contributed by atoms with Crippen LogP contribution in [0, 0.1) is 0 Å². The zero-order valence-corrected chi connectivity index (χ0v) is 16.3. The number of piperidine rings is 1. The van der Waals surface area contributed by atoms with E-state index in [9.17, 15) is 43.2 Å². The van der Waals surface area contributed by atoms with Crippen LogP contribution < -0.4 is 0 Å². The van der Waals surface area contributed by atoms with E-state index in [2.05, 4.69) is 11.8 Å². The summed E-state index contributed by atoms with van der Waals surface area (Å²) in [6, 6.07) is 0. The van der Waals surface area contributed by atoms with Crippen LogP contribution in [-0.4, -0.2) is 79.2 Å². The molecule has 1 heterocycles. The highest BCUT2D eigenvalue weighted by molar-refractivity contribution is 8.12. The Bertz CT molecular complexity index is 655. The number of ether oxygens (including phenoxy) is 1. The molecular formula is C12H22F6N2O5S2. The maximum absolute atomic E-state index is 11.8. The van der Waals surface area contributed by atoms with Gasteiger partial charge in [0.2, 0.25) is 0 Å². The number of quaternary nitrogens is 1. The molecule has 1 saturated heterocycles. The van der Waals surface area contributed by atoms with Gasteiger partial charge in [-0.05, 0) is 19.3 Å². The molecule has 0 unspecified atom stereocenters. The lowest BCUT2D eigenvalue weighted by atomic mass is 10.1. The number of nitrogens with zero attached hydrogens (tertiary/aromatic N) is 2. The molecule has 1 aliphatic rings. The fraction of sp³-hybridized carbons (Fsp3) is 1.00. The molecule has 0 saturated carbocycles. The van der Waals surface area contributed by atoms with Crippen molar-refractivity contribution in [1.29, 1.82) is 0 Å². The first-order valence-corrected chi connectivity index (χ1v) is 10.9. The van der Waals surface area contributed by atoms with Crippen LogP contribution in [0.15, 0.2) is 0 Å². The molecule has 0 aromatic carbocycles. The van der Waals surface area contributed by atoms with Gasteiger partial charge in [0.25, 0.3) is 0 Å². The molecule has 1 fully saturated rings. The fourth-order valence-electron chi connectivity index (χ4n) is 2.19. The highest BCUT2D eigenvalue weighted by atomic mass is 32.3. The topological polar surface area (TPSA) is 91.6 Å². The lowest BCUT2D eigenvalue weighted by Gasteiger charge is -2.37. The van der Waals surface area contributed by atoms with E-state index in [0.29, 0.717) is 6.54 Å². The third-order valence-electron chi connectivity index (χ3n) is 3.46. The van der Waals surface area contributed by atoms with Crippen molar-refractivity contribution in [3.05, 3.63) is 4.13 Å². The number of likely N-dealkylation sites (N-methyl/N-ethyl adjacent to an activating group) is 1. The lowest BCUT2D eigenvalue weighted by Crippen LogP contribution is -2.49. The quantitative estimate of drug-likeness (QED) is 0.351. The zero-order valence-electron chi connectivity index (χ0n) is 14.7. The molecule has 0 radical (unpaired) electrons. The molecule has 0 aliphatic carbocycles. The summed E-state index contributed by atoms with van der Waals surface area (Å²) in [6.07, 6.45) is -0.348. The number of likely N-dealkylation sites (tertiary alicyclic amines) is 1. The van der Waals surface area contributed by atoms with Crippen molar-refractivity contribution in [3.8, 4) is 0 Å². The summed E-state index contributed by atoms with van der Waals surface area (Å²) in [5.41, 5.74) is -5.67. The Balaban J connectivity index is 0.000000516. The van der Waals surface area contributed by atoms with Gasteiger partial charge in [-0.15, -0.1) is 0 Å². The predicted octanol–water partition coefficient (Wildman–Crippen LogP) is 2.37. The molecule has 15 heteroatoms. The van der Waals surface area contributed by atoms with Crippen molar-refractivity contribution in [2.24, 2.45) is 0 Å². The van der Waals surface area contributed by atoms with Crippen molar-refractivity contribution in [2.45, 2.75) is 30.9 Å². The molecular weight excluding hydrogens is 430 g/mol. The van der Waals surface area contributed by atoms with Gasteiger partial charge in [-0.25, -0.2) is 16.8 Å². The fourth-order valence-corrected chi connectivity index (χ4v) is 3.96. The van der Waals surface area contributed by atoms with Crippen LogP contribution in [0.25, 0.3) is 4.13 Å². The number of alkyl halides is 6. The maximum Gasteiger partial charge on any atom is 0.480 e. The van der Waals surface area contributed by atoms with Crippen molar-refractivity contribution < 1.29 is 52.4 Å². The molecule has 0 atom stereocenters. The van der Waals surface area contributed by atoms with Crippen LogP contribution in [0.2, 0.25) is 0 Å². The van der Waals surface area contributed by atoms with E-state index >= 15 is 0 Å². The van der Waals surface area contributed by atoms with Gasteiger partial charge in [-0.1, -0.05) is 0 Å². The number of hydrogen-bond acceptors (Lipinski definition) is 5. The van der Waals surface area contributed by atoms with E-state index in [1.165, 1.54) is 19.3 Å². The van der Waals surface area contributed by atoms with E-state index in [-0.39, 0.29) is 12.9 Å². The van der Waals surface area contributed by atoms with Gasteiger partial charge in [0, 0.05) is 6.26 Å². The van der Waals surface area contributed by atoms with Gasteiger partial charge >= 0.3 is 11.7 Å². The number of halogens is 6. The summed E-state index contributed by atoms with van der Waals surface area (Å²) in [5.74, 6) is 0. The summed E-state index contributed by atoms with van der Waals surface area (Å²) < 4.78 is 117. The second-order valence-electron chi connectivity index (χ2n) is 6.25. The van der Waals surface area contributed by atoms with Gasteiger partial charge < -0.3 is 13.3 Å². The average molecular weight is 452 g/mol. The van der Waals surface area contributed by atoms with Gasteiger partial charge in [-0.2, -0.15) is 26.3 Å². The third-order valence-corrected chi connectivity index (χ3v) is 5.92. The monoisotopic (exact) mass is 452 g/mol. The second kappa shape index (κ2) is 9.71. The molecule has 0 aromatic heterocycles. The molecule has 0 aromatic rings. The Hall–Kier alpha value is -0.640. The van der Waals surface area contributed by atoms with Gasteiger partial charge in [0.15, 0.2) is 10.0 Å². The van der Waals surface area contributed by atoms with E-state index in [1.54, 1.807) is 4.13 Å². The molecule has 1 aliphatic heterocycles. The minimum Gasteiger partial charge on any atom is -0.429 e. The molecule has 0 spiro atoms. The molecule has 0 bridgehead atoms. The minimum atomic E-state index is -5.92. The Morgan fingerprint density at radius 1 is 0.963 bits per heavy atom. The van der Waals surface area contributed by atoms with Crippen LogP contribution in [0.3, 0.4) is 0 Å². The zero-order chi connectivity index (χ0) is 21.6. The smallest absolute Gasteiger partial charge is 0.429 e. The Labute approximate surface area is 154 Å². The Kier molecular flexibility index (Phi) is 9.48. The van der Waals surface area contributed by atoms with E-state index < -0.39 is 38.3 Å². The number of hydrogen-bond donors (Lipinski definition) is 0. The maximum atomic E-state index is 11.8. The normalized spacial score (nSPS) is 18.5. The van der Waals surface area contributed by atoms with Gasteiger partial charge in [-0.3, -0.25) is 0 Å². The number of rotatable bonds is 6. The van der Waals surface area contributed by atoms with Crippen LogP contribution in [0.5, 0.6) is 0 Å². The summed E-state index contributed by atoms with van der Waals surface area (Å²) in [5, 5.41) is 0. The Morgan fingerprint density at radius 3 is 1.78 bits per heavy atom. The molecule has 27 heavy (non-hydrogen) atoms. The summed E-state index contributed by atoms with van der Waals surface area (Å²) in [7, 11) is -8.37. The molecule has 0 amide bonds. The minimum absolute atomic E-state index is 0.204. The van der Waals surface area contributed by atoms with Crippen LogP contribution in [0.4, 0.5) is 26.3 Å². The highest BCUT2D eigenvalue weighted by Gasteiger charge is 2.40. The van der Waals surface area contributed by atoms with E-state index in [0.717, 1.165) is 17.6 Å². The first-order chi connectivity index (χ1) is 11.9. The third kappa shape index (κ3) is 12.4.